The highest BCUT2D eigenvalue weighted by molar-refractivity contribution is 7.99. The van der Waals surface area contributed by atoms with Crippen molar-refractivity contribution in [2.45, 2.75) is 26.1 Å². The molecule has 0 spiro atoms. The molecule has 0 bridgehead atoms. The van der Waals surface area contributed by atoms with Gasteiger partial charge in [0.25, 0.3) is 0 Å². The van der Waals surface area contributed by atoms with Gasteiger partial charge in [-0.3, -0.25) is 0 Å². The lowest BCUT2D eigenvalue weighted by Crippen LogP contribution is -2.08. The normalized spacial score (nSPS) is 17.3. The third-order valence-corrected chi connectivity index (χ3v) is 2.15. The zero-order valence-electron chi connectivity index (χ0n) is 5.87. The average Bonchev–Trinajstić information content (AvgIpc) is 1.63. The quantitative estimate of drug-likeness (QED) is 0.612. The van der Waals surface area contributed by atoms with Crippen molar-refractivity contribution < 1.29 is 10.2 Å². The summed E-state index contributed by atoms with van der Waals surface area (Å²) >= 11 is 1.57. The van der Waals surface area contributed by atoms with Crippen LogP contribution in [0.4, 0.5) is 0 Å². The van der Waals surface area contributed by atoms with E-state index in [9.17, 15) is 0 Å². The summed E-state index contributed by atoms with van der Waals surface area (Å²) in [6, 6.07) is 0. The van der Waals surface area contributed by atoms with Gasteiger partial charge < -0.3 is 10.2 Å². The molecule has 0 heterocycles. The van der Waals surface area contributed by atoms with E-state index < -0.39 is 0 Å². The van der Waals surface area contributed by atoms with E-state index in [4.69, 9.17) is 10.2 Å². The molecule has 0 aromatic heterocycles. The summed E-state index contributed by atoms with van der Waals surface area (Å²) in [6.07, 6.45) is -0.512. The van der Waals surface area contributed by atoms with Crippen molar-refractivity contribution in [3.8, 4) is 0 Å². The SMILES string of the molecule is C[C@H](O)CSC[C@H](C)O. The van der Waals surface area contributed by atoms with Crippen LogP contribution in [0, 0.1) is 0 Å². The molecule has 56 valence electrons. The van der Waals surface area contributed by atoms with Gasteiger partial charge in [0.05, 0.1) is 12.2 Å². The summed E-state index contributed by atoms with van der Waals surface area (Å²) in [7, 11) is 0. The molecule has 0 aromatic carbocycles. The van der Waals surface area contributed by atoms with E-state index in [0.717, 1.165) is 0 Å². The van der Waals surface area contributed by atoms with Crippen molar-refractivity contribution in [2.24, 2.45) is 0 Å². The van der Waals surface area contributed by atoms with Crippen molar-refractivity contribution in [3.05, 3.63) is 0 Å². The van der Waals surface area contributed by atoms with Crippen LogP contribution in [0.1, 0.15) is 13.8 Å². The summed E-state index contributed by atoms with van der Waals surface area (Å²) in [6.45, 7) is 3.49. The molecule has 0 fully saturated rings. The van der Waals surface area contributed by atoms with Crippen LogP contribution < -0.4 is 0 Å². The van der Waals surface area contributed by atoms with Gasteiger partial charge in [0.1, 0.15) is 0 Å². The van der Waals surface area contributed by atoms with Gasteiger partial charge in [-0.1, -0.05) is 0 Å². The van der Waals surface area contributed by atoms with Crippen LogP contribution in [-0.4, -0.2) is 33.9 Å². The van der Waals surface area contributed by atoms with Crippen LogP contribution in [0.15, 0.2) is 0 Å². The molecule has 0 radical (unpaired) electrons. The summed E-state index contributed by atoms with van der Waals surface area (Å²) < 4.78 is 0. The second kappa shape index (κ2) is 5.09. The highest BCUT2D eigenvalue weighted by Gasteiger charge is 1.98. The Hall–Kier alpha value is 0.270. The van der Waals surface area contributed by atoms with E-state index in [-0.39, 0.29) is 12.2 Å². The first-order valence-corrected chi connectivity index (χ1v) is 4.22. The first kappa shape index (κ1) is 9.27. The van der Waals surface area contributed by atoms with Crippen molar-refractivity contribution in [2.75, 3.05) is 11.5 Å². The maximum absolute atomic E-state index is 8.76. The zero-order valence-corrected chi connectivity index (χ0v) is 6.69. The maximum atomic E-state index is 8.76. The molecule has 0 aliphatic carbocycles. The molecule has 0 aromatic rings. The fourth-order valence-corrected chi connectivity index (χ4v) is 1.23. The Balaban J connectivity index is 2.91. The van der Waals surface area contributed by atoms with E-state index in [1.165, 1.54) is 0 Å². The van der Waals surface area contributed by atoms with Crippen molar-refractivity contribution >= 4 is 11.8 Å². The van der Waals surface area contributed by atoms with Gasteiger partial charge in [-0.25, -0.2) is 0 Å². The number of hydrogen-bond donors (Lipinski definition) is 2. The van der Waals surface area contributed by atoms with Gasteiger partial charge in [-0.2, -0.15) is 11.8 Å². The van der Waals surface area contributed by atoms with Crippen LogP contribution in [-0.2, 0) is 0 Å². The maximum Gasteiger partial charge on any atom is 0.0602 e. The number of aliphatic hydroxyl groups is 2. The predicted molar refractivity (Wildman–Crippen MR) is 40.7 cm³/mol. The second-order valence-corrected chi connectivity index (χ2v) is 3.31. The third-order valence-electron chi connectivity index (χ3n) is 0.718. The van der Waals surface area contributed by atoms with Gasteiger partial charge in [0.15, 0.2) is 0 Å². The molecule has 3 heteroatoms. The van der Waals surface area contributed by atoms with Crippen molar-refractivity contribution in [1.82, 2.24) is 0 Å². The lowest BCUT2D eigenvalue weighted by atomic mass is 10.5. The molecule has 2 nitrogen and oxygen atoms in total. The van der Waals surface area contributed by atoms with E-state index in [0.29, 0.717) is 11.5 Å². The lowest BCUT2D eigenvalue weighted by molar-refractivity contribution is 0.215. The fourth-order valence-electron chi connectivity index (χ4n) is 0.409. The first-order valence-electron chi connectivity index (χ1n) is 3.06. The molecule has 0 aliphatic heterocycles. The monoisotopic (exact) mass is 150 g/mol. The Labute approximate surface area is 60.3 Å². The van der Waals surface area contributed by atoms with Gasteiger partial charge in [-0.05, 0) is 13.8 Å². The lowest BCUT2D eigenvalue weighted by Gasteiger charge is -2.04. The molecule has 0 rings (SSSR count). The average molecular weight is 150 g/mol. The van der Waals surface area contributed by atoms with Gasteiger partial charge >= 0.3 is 0 Å². The summed E-state index contributed by atoms with van der Waals surface area (Å²) in [5.74, 6) is 1.43. The minimum Gasteiger partial charge on any atom is -0.393 e. The minimum absolute atomic E-state index is 0.256. The Morgan fingerprint density at radius 1 is 1.11 bits per heavy atom. The third kappa shape index (κ3) is 8.27. The highest BCUT2D eigenvalue weighted by Crippen LogP contribution is 2.03. The Morgan fingerprint density at radius 3 is 1.67 bits per heavy atom. The summed E-state index contributed by atoms with van der Waals surface area (Å²) in [4.78, 5) is 0. The number of thioether (sulfide) groups is 1. The Kier molecular flexibility index (Phi) is 5.24. The van der Waals surface area contributed by atoms with Crippen molar-refractivity contribution in [1.29, 1.82) is 0 Å². The molecule has 2 N–H and O–H groups in total. The molecule has 0 amide bonds. The second-order valence-electron chi connectivity index (χ2n) is 2.24. The Bertz CT molecular complexity index is 56.1. The van der Waals surface area contributed by atoms with Crippen molar-refractivity contribution in [3.63, 3.8) is 0 Å². The summed E-state index contributed by atoms with van der Waals surface area (Å²) in [5.41, 5.74) is 0. The molecular weight excluding hydrogens is 136 g/mol. The van der Waals surface area contributed by atoms with Gasteiger partial charge in [0, 0.05) is 11.5 Å². The van der Waals surface area contributed by atoms with E-state index in [2.05, 4.69) is 0 Å². The first-order chi connectivity index (χ1) is 4.13. The molecular formula is C6H14O2S. The molecule has 9 heavy (non-hydrogen) atoms. The fraction of sp³-hybridized carbons (Fsp3) is 1.00. The predicted octanol–water partition coefficient (Wildman–Crippen LogP) is 0.481. The number of rotatable bonds is 4. The molecule has 0 saturated heterocycles. The molecule has 2 atom stereocenters. The van der Waals surface area contributed by atoms with Crippen LogP contribution in [0.5, 0.6) is 0 Å². The van der Waals surface area contributed by atoms with E-state index in [1.54, 1.807) is 25.6 Å². The van der Waals surface area contributed by atoms with Gasteiger partial charge in [0.2, 0.25) is 0 Å². The van der Waals surface area contributed by atoms with Crippen LogP contribution >= 0.6 is 11.8 Å². The highest BCUT2D eigenvalue weighted by atomic mass is 32.2. The molecule has 0 unspecified atom stereocenters. The molecule has 0 saturated carbocycles. The minimum atomic E-state index is -0.256. The van der Waals surface area contributed by atoms with Crippen LogP contribution in [0.25, 0.3) is 0 Å². The Morgan fingerprint density at radius 2 is 1.44 bits per heavy atom. The smallest absolute Gasteiger partial charge is 0.0602 e. The van der Waals surface area contributed by atoms with Crippen LogP contribution in [0.2, 0.25) is 0 Å². The van der Waals surface area contributed by atoms with E-state index in [1.807, 2.05) is 0 Å². The van der Waals surface area contributed by atoms with Crippen LogP contribution in [0.3, 0.4) is 0 Å². The largest absolute Gasteiger partial charge is 0.393 e. The number of aliphatic hydroxyl groups excluding tert-OH is 2. The number of hydrogen-bond acceptors (Lipinski definition) is 3. The standard InChI is InChI=1S/C6H14O2S/c1-5(7)3-9-4-6(2)8/h5-8H,3-4H2,1-2H3/t5-,6-/m0/s1. The molecule has 0 aliphatic rings. The van der Waals surface area contributed by atoms with Gasteiger partial charge in [-0.15, -0.1) is 0 Å². The van der Waals surface area contributed by atoms with E-state index >= 15 is 0 Å². The summed E-state index contributed by atoms with van der Waals surface area (Å²) in [5, 5.41) is 17.5. The topological polar surface area (TPSA) is 40.5 Å². The zero-order chi connectivity index (χ0) is 7.28.